The predicted octanol–water partition coefficient (Wildman–Crippen LogP) is -0.270. The van der Waals surface area contributed by atoms with E-state index in [0.717, 1.165) is 0 Å². The number of hydrogen-bond donors (Lipinski definition) is 6. The summed E-state index contributed by atoms with van der Waals surface area (Å²) in [4.78, 5) is 8.78. The highest BCUT2D eigenvalue weighted by Gasteiger charge is 2.47. The van der Waals surface area contributed by atoms with E-state index < -0.39 is 17.7 Å². The molecule has 7 N–H and O–H groups in total. The van der Waals surface area contributed by atoms with Gasteiger partial charge in [-0.05, 0) is 26.7 Å². The lowest BCUT2D eigenvalue weighted by Crippen LogP contribution is -2.48. The highest BCUT2D eigenvalue weighted by Crippen LogP contribution is 2.36. The molecule has 0 aliphatic heterocycles. The Morgan fingerprint density at radius 3 is 2.73 bits per heavy atom. The first-order valence-corrected chi connectivity index (χ1v) is 8.87. The van der Waals surface area contributed by atoms with Gasteiger partial charge in [-0.3, -0.25) is 0 Å². The number of anilines is 2. The van der Waals surface area contributed by atoms with Gasteiger partial charge in [0.2, 0.25) is 5.95 Å². The van der Waals surface area contributed by atoms with E-state index in [2.05, 4.69) is 20.6 Å². The third-order valence-corrected chi connectivity index (χ3v) is 4.89. The van der Waals surface area contributed by atoms with Crippen LogP contribution < -0.4 is 16.4 Å². The van der Waals surface area contributed by atoms with Crippen LogP contribution in [0.3, 0.4) is 0 Å². The maximum absolute atomic E-state index is 10.8. The largest absolute Gasteiger partial charge is 0.396 e. The molecule has 1 aliphatic rings. The smallest absolute Gasteiger partial charge is 0.224 e. The molecule has 4 unspecified atom stereocenters. The number of aryl methyl sites for hydroxylation is 1. The Bertz CT molecular complexity index is 662. The van der Waals surface area contributed by atoms with Crippen LogP contribution in [0.15, 0.2) is 0 Å². The van der Waals surface area contributed by atoms with Gasteiger partial charge in [0.1, 0.15) is 16.9 Å². The Morgan fingerprint density at radius 1 is 1.50 bits per heavy atom. The van der Waals surface area contributed by atoms with Crippen molar-refractivity contribution in [3.63, 3.8) is 0 Å². The SMILES string of the molecule is COC(C)CNc1nc(C)c(C(N)=S)c(NC2(O)CCC(CO)C2O)n1. The number of aliphatic hydroxyl groups is 3. The van der Waals surface area contributed by atoms with Gasteiger partial charge in [0.05, 0.1) is 17.4 Å². The molecule has 1 aliphatic carbocycles. The standard InChI is InChI=1S/C16H27N5O4S/c1-8(25-3)6-18-15-19-9(2)11(13(17)26)14(20-15)21-16(24)5-4-10(7-22)12(16)23/h8,10,12,22-24H,4-7H2,1-3H3,(H2,17,26)(H2,18,19,20,21). The molecule has 0 spiro atoms. The summed E-state index contributed by atoms with van der Waals surface area (Å²) in [5.41, 5.74) is 5.11. The van der Waals surface area contributed by atoms with Crippen molar-refractivity contribution in [3.8, 4) is 0 Å². The van der Waals surface area contributed by atoms with E-state index in [4.69, 9.17) is 22.7 Å². The van der Waals surface area contributed by atoms with E-state index in [-0.39, 0.29) is 29.9 Å². The van der Waals surface area contributed by atoms with Crippen LogP contribution in [0.25, 0.3) is 0 Å². The summed E-state index contributed by atoms with van der Waals surface area (Å²) in [5.74, 6) is 0.144. The Kier molecular flexibility index (Phi) is 6.69. The van der Waals surface area contributed by atoms with Gasteiger partial charge in [0, 0.05) is 26.2 Å². The normalized spacial score (nSPS) is 26.5. The zero-order chi connectivity index (χ0) is 19.5. The van der Waals surface area contributed by atoms with Gasteiger partial charge < -0.3 is 36.4 Å². The highest BCUT2D eigenvalue weighted by atomic mass is 32.1. The van der Waals surface area contributed by atoms with E-state index in [1.807, 2.05) is 6.92 Å². The molecule has 10 heteroatoms. The molecule has 2 rings (SSSR count). The van der Waals surface area contributed by atoms with Gasteiger partial charge in [0.25, 0.3) is 0 Å². The molecule has 1 aromatic heterocycles. The monoisotopic (exact) mass is 385 g/mol. The Hall–Kier alpha value is -1.59. The second kappa shape index (κ2) is 8.40. The summed E-state index contributed by atoms with van der Waals surface area (Å²) in [6, 6.07) is 0. The maximum Gasteiger partial charge on any atom is 0.224 e. The lowest BCUT2D eigenvalue weighted by atomic mass is 10.0. The van der Waals surface area contributed by atoms with E-state index in [1.54, 1.807) is 14.0 Å². The van der Waals surface area contributed by atoms with Gasteiger partial charge >= 0.3 is 0 Å². The summed E-state index contributed by atoms with van der Waals surface area (Å²) in [5, 5.41) is 36.4. The van der Waals surface area contributed by atoms with Crippen molar-refractivity contribution in [2.45, 2.75) is 44.6 Å². The molecule has 1 aromatic rings. The fourth-order valence-electron chi connectivity index (χ4n) is 2.99. The number of aromatic nitrogens is 2. The molecule has 1 heterocycles. The zero-order valence-corrected chi connectivity index (χ0v) is 16.0. The quantitative estimate of drug-likeness (QED) is 0.261. The fourth-order valence-corrected chi connectivity index (χ4v) is 3.23. The molecule has 1 fully saturated rings. The third-order valence-electron chi connectivity index (χ3n) is 4.69. The van der Waals surface area contributed by atoms with Crippen molar-refractivity contribution in [2.75, 3.05) is 30.9 Å². The van der Waals surface area contributed by atoms with Crippen LogP contribution in [0.5, 0.6) is 0 Å². The van der Waals surface area contributed by atoms with Crippen LogP contribution in [0.2, 0.25) is 0 Å². The lowest BCUT2D eigenvalue weighted by Gasteiger charge is -2.31. The van der Waals surface area contributed by atoms with Gasteiger partial charge in [-0.1, -0.05) is 12.2 Å². The summed E-state index contributed by atoms with van der Waals surface area (Å²) < 4.78 is 5.18. The molecular weight excluding hydrogens is 358 g/mol. The van der Waals surface area contributed by atoms with E-state index in [9.17, 15) is 15.3 Å². The average molecular weight is 385 g/mol. The van der Waals surface area contributed by atoms with Crippen LogP contribution in [-0.2, 0) is 4.74 Å². The fraction of sp³-hybridized carbons (Fsp3) is 0.688. The number of nitrogens with one attached hydrogen (secondary N) is 2. The maximum atomic E-state index is 10.8. The molecule has 0 bridgehead atoms. The molecule has 4 atom stereocenters. The van der Waals surface area contributed by atoms with Crippen LogP contribution in [0, 0.1) is 12.8 Å². The number of methoxy groups -OCH3 is 1. The van der Waals surface area contributed by atoms with E-state index >= 15 is 0 Å². The minimum atomic E-state index is -1.63. The van der Waals surface area contributed by atoms with Crippen molar-refractivity contribution in [3.05, 3.63) is 11.3 Å². The summed E-state index contributed by atoms with van der Waals surface area (Å²) in [6.45, 7) is 3.91. The molecule has 9 nitrogen and oxygen atoms in total. The highest BCUT2D eigenvalue weighted by molar-refractivity contribution is 7.80. The Morgan fingerprint density at radius 2 is 2.19 bits per heavy atom. The van der Waals surface area contributed by atoms with Crippen molar-refractivity contribution in [1.82, 2.24) is 9.97 Å². The van der Waals surface area contributed by atoms with Gasteiger partial charge in [-0.2, -0.15) is 4.98 Å². The van der Waals surface area contributed by atoms with Crippen LogP contribution in [-0.4, -0.2) is 68.5 Å². The second-order valence-corrected chi connectivity index (χ2v) is 7.06. The number of hydrogen-bond acceptors (Lipinski definition) is 9. The molecule has 0 saturated heterocycles. The van der Waals surface area contributed by atoms with Crippen LogP contribution in [0.4, 0.5) is 11.8 Å². The van der Waals surface area contributed by atoms with Gasteiger partial charge in [-0.15, -0.1) is 0 Å². The molecule has 0 amide bonds. The van der Waals surface area contributed by atoms with Crippen molar-refractivity contribution in [2.24, 2.45) is 11.7 Å². The minimum Gasteiger partial charge on any atom is -0.396 e. The number of nitrogens with zero attached hydrogens (tertiary/aromatic N) is 2. The van der Waals surface area contributed by atoms with E-state index in [0.29, 0.717) is 30.2 Å². The van der Waals surface area contributed by atoms with E-state index in [1.165, 1.54) is 0 Å². The second-order valence-electron chi connectivity index (χ2n) is 6.62. The molecule has 1 saturated carbocycles. The first kappa shape index (κ1) is 20.7. The Labute approximate surface area is 158 Å². The topological polar surface area (TPSA) is 146 Å². The van der Waals surface area contributed by atoms with Crippen LogP contribution >= 0.6 is 12.2 Å². The third kappa shape index (κ3) is 4.38. The first-order chi connectivity index (χ1) is 12.2. The summed E-state index contributed by atoms with van der Waals surface area (Å²) in [7, 11) is 1.61. The van der Waals surface area contributed by atoms with Crippen LogP contribution in [0.1, 0.15) is 31.0 Å². The zero-order valence-electron chi connectivity index (χ0n) is 15.2. The molecule has 0 radical (unpaired) electrons. The molecule has 26 heavy (non-hydrogen) atoms. The first-order valence-electron chi connectivity index (χ1n) is 8.46. The van der Waals surface area contributed by atoms with Crippen molar-refractivity contribution < 1.29 is 20.1 Å². The summed E-state index contributed by atoms with van der Waals surface area (Å²) in [6.07, 6.45) is -0.462. The molecular formula is C16H27N5O4S. The number of nitrogens with two attached hydrogens (primary N) is 1. The molecule has 146 valence electrons. The number of aliphatic hydroxyl groups excluding tert-OH is 2. The minimum absolute atomic E-state index is 0.0447. The predicted molar refractivity (Wildman–Crippen MR) is 102 cm³/mol. The van der Waals surface area contributed by atoms with Crippen molar-refractivity contribution >= 4 is 29.0 Å². The average Bonchev–Trinajstić information content (AvgIpc) is 2.86. The van der Waals surface area contributed by atoms with Crippen molar-refractivity contribution in [1.29, 1.82) is 0 Å². The number of ether oxygens (including phenoxy) is 1. The number of rotatable bonds is 8. The number of thiocarbonyl (C=S) groups is 1. The van der Waals surface area contributed by atoms with Gasteiger partial charge in [-0.25, -0.2) is 4.98 Å². The Balaban J connectivity index is 2.32. The summed E-state index contributed by atoms with van der Waals surface area (Å²) >= 11 is 5.09. The lowest BCUT2D eigenvalue weighted by molar-refractivity contribution is -0.0545. The van der Waals surface area contributed by atoms with Gasteiger partial charge in [0.15, 0.2) is 5.72 Å². The molecule has 0 aromatic carbocycles.